The molecular weight excluding hydrogens is 299 g/mol. The van der Waals surface area contributed by atoms with Crippen molar-refractivity contribution in [1.82, 2.24) is 0 Å². The molecule has 0 spiro atoms. The van der Waals surface area contributed by atoms with Crippen LogP contribution in [-0.4, -0.2) is 26.0 Å². The van der Waals surface area contributed by atoms with Gasteiger partial charge in [0, 0.05) is 12.1 Å². The van der Waals surface area contributed by atoms with Crippen LogP contribution in [0.3, 0.4) is 0 Å². The number of ether oxygens (including phenoxy) is 2. The Bertz CT molecular complexity index is 290. The van der Waals surface area contributed by atoms with Crippen molar-refractivity contribution in [1.29, 1.82) is 0 Å². The zero-order valence-corrected chi connectivity index (χ0v) is 14.8. The average molecular weight is 325 g/mol. The first-order valence-electron chi connectivity index (χ1n) is 6.98. The first kappa shape index (κ1) is 17.3. The summed E-state index contributed by atoms with van der Waals surface area (Å²) in [5.74, 6) is 0. The molecule has 0 saturated carbocycles. The van der Waals surface area contributed by atoms with E-state index in [1.165, 1.54) is 6.26 Å². The van der Waals surface area contributed by atoms with Crippen LogP contribution in [0.25, 0.3) is 0 Å². The summed E-state index contributed by atoms with van der Waals surface area (Å²) in [5.41, 5.74) is 0.632. The standard InChI is InChI=1S/C14H26Cl2O2Si/c1-5-17-8-6-7-9-18-12-11-19(15,16)13(12)10-14(2,3)4/h5,12-13H,1,6-11H2,2-4H3/t12-,13+/m0/s1. The molecule has 1 saturated heterocycles. The van der Waals surface area contributed by atoms with E-state index in [2.05, 4.69) is 27.4 Å². The second kappa shape index (κ2) is 7.35. The minimum atomic E-state index is -2.05. The van der Waals surface area contributed by atoms with Gasteiger partial charge in [-0.3, -0.25) is 0 Å². The summed E-state index contributed by atoms with van der Waals surface area (Å²) in [6.45, 7) is 9.63. The van der Waals surface area contributed by atoms with E-state index in [4.69, 9.17) is 31.6 Å². The Kier molecular flexibility index (Phi) is 6.71. The predicted molar refractivity (Wildman–Crippen MR) is 85.2 cm³/mol. The van der Waals surface area contributed by atoms with Crippen LogP contribution in [-0.2, 0) is 9.47 Å². The van der Waals surface area contributed by atoms with E-state index < -0.39 is 6.69 Å². The van der Waals surface area contributed by atoms with Crippen LogP contribution in [0.1, 0.15) is 40.0 Å². The highest BCUT2D eigenvalue weighted by atomic mass is 35.7. The summed E-state index contributed by atoms with van der Waals surface area (Å²) >= 11 is 12.9. The molecule has 2 atom stereocenters. The Morgan fingerprint density at radius 2 is 1.89 bits per heavy atom. The molecule has 1 aliphatic rings. The molecule has 0 aromatic carbocycles. The van der Waals surface area contributed by atoms with E-state index in [0.29, 0.717) is 12.1 Å². The van der Waals surface area contributed by atoms with Gasteiger partial charge in [-0.05, 0) is 30.7 Å². The van der Waals surface area contributed by atoms with Gasteiger partial charge in [0.1, 0.15) is 0 Å². The van der Waals surface area contributed by atoms with E-state index in [-0.39, 0.29) is 11.5 Å². The molecule has 1 fully saturated rings. The van der Waals surface area contributed by atoms with Crippen molar-refractivity contribution in [3.8, 4) is 0 Å². The van der Waals surface area contributed by atoms with E-state index in [9.17, 15) is 0 Å². The molecule has 0 aromatic rings. The first-order valence-corrected chi connectivity index (χ1v) is 11.3. The molecule has 1 rings (SSSR count). The molecule has 2 nitrogen and oxygen atoms in total. The van der Waals surface area contributed by atoms with Gasteiger partial charge in [-0.25, -0.2) is 0 Å². The highest BCUT2D eigenvalue weighted by molar-refractivity contribution is 7.47. The van der Waals surface area contributed by atoms with Crippen LogP contribution in [0, 0.1) is 5.41 Å². The summed E-state index contributed by atoms with van der Waals surface area (Å²) in [6.07, 6.45) is 4.80. The fourth-order valence-corrected chi connectivity index (χ4v) is 7.08. The Morgan fingerprint density at radius 3 is 2.42 bits per heavy atom. The van der Waals surface area contributed by atoms with Gasteiger partial charge in [-0.15, -0.1) is 22.2 Å². The van der Waals surface area contributed by atoms with E-state index >= 15 is 0 Å². The molecule has 1 aliphatic heterocycles. The van der Waals surface area contributed by atoms with Crippen molar-refractivity contribution in [3.63, 3.8) is 0 Å². The molecular formula is C14H26Cl2O2Si. The maximum absolute atomic E-state index is 6.45. The van der Waals surface area contributed by atoms with Crippen LogP contribution in [0.5, 0.6) is 0 Å². The molecule has 112 valence electrons. The zero-order chi connectivity index (χ0) is 14.5. The fraction of sp³-hybridized carbons (Fsp3) is 0.857. The number of hydrogen-bond acceptors (Lipinski definition) is 2. The third-order valence-electron chi connectivity index (χ3n) is 3.40. The minimum absolute atomic E-state index is 0.256. The number of rotatable bonds is 8. The quantitative estimate of drug-likeness (QED) is 0.269. The van der Waals surface area contributed by atoms with Gasteiger partial charge in [0.2, 0.25) is 0 Å². The first-order chi connectivity index (χ1) is 8.76. The summed E-state index contributed by atoms with van der Waals surface area (Å²) < 4.78 is 11.0. The van der Waals surface area contributed by atoms with Gasteiger partial charge in [0.15, 0.2) is 0 Å². The third kappa shape index (κ3) is 6.07. The van der Waals surface area contributed by atoms with Gasteiger partial charge in [0.05, 0.1) is 19.0 Å². The SMILES string of the molecule is C=COCCCCO[C@H]1C[Si](Cl)(Cl)[C@@H]1CC(C)(C)C. The summed E-state index contributed by atoms with van der Waals surface area (Å²) in [5, 5.41) is 0. The van der Waals surface area contributed by atoms with Gasteiger partial charge in [0.25, 0.3) is 6.69 Å². The second-order valence-corrected chi connectivity index (χ2v) is 13.8. The molecule has 0 radical (unpaired) electrons. The monoisotopic (exact) mass is 324 g/mol. The molecule has 0 N–H and O–H groups in total. The Labute approximate surface area is 127 Å². The van der Waals surface area contributed by atoms with Crippen molar-refractivity contribution in [2.45, 2.75) is 57.7 Å². The maximum atomic E-state index is 6.45. The lowest BCUT2D eigenvalue weighted by atomic mass is 9.88. The van der Waals surface area contributed by atoms with Gasteiger partial charge >= 0.3 is 0 Å². The number of halogens is 2. The molecule has 19 heavy (non-hydrogen) atoms. The van der Waals surface area contributed by atoms with Gasteiger partial charge in [-0.1, -0.05) is 27.4 Å². The number of hydrogen-bond donors (Lipinski definition) is 0. The van der Waals surface area contributed by atoms with Gasteiger partial charge in [-0.2, -0.15) is 0 Å². The van der Waals surface area contributed by atoms with E-state index in [1.54, 1.807) is 0 Å². The number of unbranched alkanes of at least 4 members (excludes halogenated alkanes) is 1. The summed E-state index contributed by atoms with van der Waals surface area (Å²) in [6, 6.07) is 0.875. The Balaban J connectivity index is 2.24. The largest absolute Gasteiger partial charge is 0.502 e. The van der Waals surface area contributed by atoms with Crippen molar-refractivity contribution < 1.29 is 9.47 Å². The molecule has 0 unspecified atom stereocenters. The van der Waals surface area contributed by atoms with Crippen molar-refractivity contribution >= 4 is 28.9 Å². The van der Waals surface area contributed by atoms with Crippen LogP contribution in [0.2, 0.25) is 11.6 Å². The zero-order valence-electron chi connectivity index (χ0n) is 12.3. The van der Waals surface area contributed by atoms with E-state index in [0.717, 1.165) is 31.9 Å². The molecule has 5 heteroatoms. The van der Waals surface area contributed by atoms with Crippen LogP contribution < -0.4 is 0 Å². The van der Waals surface area contributed by atoms with Crippen LogP contribution in [0.4, 0.5) is 0 Å². The highest BCUT2D eigenvalue weighted by Crippen LogP contribution is 2.55. The smallest absolute Gasteiger partial charge is 0.259 e. The third-order valence-corrected chi connectivity index (χ3v) is 8.62. The lowest BCUT2D eigenvalue weighted by Gasteiger charge is -2.47. The lowest BCUT2D eigenvalue weighted by molar-refractivity contribution is 0.0320. The molecule has 0 amide bonds. The normalized spacial score (nSPS) is 25.7. The second-order valence-electron chi connectivity index (χ2n) is 6.49. The maximum Gasteiger partial charge on any atom is 0.259 e. The van der Waals surface area contributed by atoms with Crippen LogP contribution >= 0.6 is 22.2 Å². The van der Waals surface area contributed by atoms with Crippen molar-refractivity contribution in [2.24, 2.45) is 5.41 Å². The van der Waals surface area contributed by atoms with Crippen LogP contribution in [0.15, 0.2) is 12.8 Å². The Morgan fingerprint density at radius 1 is 1.26 bits per heavy atom. The van der Waals surface area contributed by atoms with Gasteiger partial charge < -0.3 is 9.47 Å². The molecule has 0 bridgehead atoms. The van der Waals surface area contributed by atoms with Crippen molar-refractivity contribution in [2.75, 3.05) is 13.2 Å². The van der Waals surface area contributed by atoms with E-state index in [1.807, 2.05) is 0 Å². The lowest BCUT2D eigenvalue weighted by Crippen LogP contribution is -2.51. The average Bonchev–Trinajstić information content (AvgIpc) is 2.28. The minimum Gasteiger partial charge on any atom is -0.502 e. The molecule has 1 heterocycles. The summed E-state index contributed by atoms with van der Waals surface area (Å²) in [7, 11) is 0. The predicted octanol–water partition coefficient (Wildman–Crippen LogP) is 5.05. The summed E-state index contributed by atoms with van der Waals surface area (Å²) in [4.78, 5) is 0. The Hall–Kier alpha value is 0.297. The molecule has 0 aromatic heterocycles. The topological polar surface area (TPSA) is 18.5 Å². The van der Waals surface area contributed by atoms with Crippen molar-refractivity contribution in [3.05, 3.63) is 12.8 Å². The molecule has 0 aliphatic carbocycles. The fourth-order valence-electron chi connectivity index (χ4n) is 2.39. The highest BCUT2D eigenvalue weighted by Gasteiger charge is 2.56.